The van der Waals surface area contributed by atoms with Crippen molar-refractivity contribution in [3.05, 3.63) is 30.3 Å². The van der Waals surface area contributed by atoms with Crippen LogP contribution < -0.4 is 16.4 Å². The summed E-state index contributed by atoms with van der Waals surface area (Å²) in [5, 5.41) is 2.17. The first kappa shape index (κ1) is 9.47. The molecular weight excluding hydrogens is 348 g/mol. The molecule has 2 saturated heterocycles. The Bertz CT molecular complexity index is 1170. The van der Waals surface area contributed by atoms with Gasteiger partial charge < -0.3 is 11.1 Å². The average Bonchev–Trinajstić information content (AvgIpc) is 2.92. The molecule has 2 heterocycles. The van der Waals surface area contributed by atoms with Crippen molar-refractivity contribution in [2.75, 3.05) is 13.0 Å². The van der Waals surface area contributed by atoms with Gasteiger partial charge in [0.15, 0.2) is 0 Å². The molecule has 4 atom stereocenters. The van der Waals surface area contributed by atoms with Crippen LogP contribution in [-0.2, 0) is 10.0 Å². The molecule has 6 nitrogen and oxygen atoms in total. The van der Waals surface area contributed by atoms with Crippen molar-refractivity contribution >= 4 is 10.0 Å². The largest absolute Gasteiger partial charge is 0.325 e. The zero-order valence-electron chi connectivity index (χ0n) is 25.2. The Kier molecular flexibility index (Phi) is 2.75. The van der Waals surface area contributed by atoms with Crippen molar-refractivity contribution in [1.29, 1.82) is 0 Å². The van der Waals surface area contributed by atoms with Crippen LogP contribution in [0.5, 0.6) is 0 Å². The van der Waals surface area contributed by atoms with Crippen LogP contribution in [0.1, 0.15) is 52.2 Å². The molecule has 0 radical (unpaired) electrons. The number of benzene rings is 1. The lowest BCUT2D eigenvalue weighted by Crippen LogP contribution is -2.66. The minimum Gasteiger partial charge on any atom is -0.325 e. The molecule has 0 aromatic heterocycles. The zero-order valence-corrected chi connectivity index (χ0v) is 15.0. The van der Waals surface area contributed by atoms with E-state index in [4.69, 9.17) is 16.7 Å². The number of rotatable bonds is 4. The van der Waals surface area contributed by atoms with Crippen molar-refractivity contribution in [3.8, 4) is 0 Å². The Morgan fingerprint density at radius 1 is 1.27 bits per heavy atom. The van der Waals surface area contributed by atoms with Gasteiger partial charge in [0.25, 0.3) is 0 Å². The number of piperidine rings is 1. The molecule has 1 saturated carbocycles. The van der Waals surface area contributed by atoms with Crippen molar-refractivity contribution in [2.24, 2.45) is 11.6 Å². The van der Waals surface area contributed by atoms with E-state index in [0.29, 0.717) is 25.7 Å². The minimum absolute atomic E-state index is 0.346. The molecule has 1 aromatic carbocycles. The Morgan fingerprint density at radius 3 is 2.73 bits per heavy atom. The fourth-order valence-corrected chi connectivity index (χ4v) is 4.61. The van der Waals surface area contributed by atoms with Crippen LogP contribution in [-0.4, -0.2) is 49.9 Å². The first-order valence-corrected chi connectivity index (χ1v) is 10.1. The van der Waals surface area contributed by atoms with Crippen LogP contribution >= 0.6 is 0 Å². The van der Waals surface area contributed by atoms with Crippen molar-refractivity contribution in [2.45, 2.75) is 67.6 Å². The minimum atomic E-state index is -5.22. The third kappa shape index (κ3) is 3.43. The molecule has 3 aliphatic rings. The molecule has 3 fully saturated rings. The van der Waals surface area contributed by atoms with Crippen LogP contribution in [0.25, 0.3) is 0 Å². The molecule has 7 heteroatoms. The molecule has 2 aliphatic heterocycles. The lowest BCUT2D eigenvalue weighted by molar-refractivity contribution is 0.151. The third-order valence-corrected chi connectivity index (χ3v) is 6.35. The topological polar surface area (TPSA) is 87.5 Å². The summed E-state index contributed by atoms with van der Waals surface area (Å²) in [6, 6.07) is -1.15. The Balaban J connectivity index is 2.08. The zero-order chi connectivity index (χ0) is 28.1. The van der Waals surface area contributed by atoms with Gasteiger partial charge in [-0.05, 0) is 31.3 Å². The van der Waals surface area contributed by atoms with E-state index < -0.39 is 69.7 Å². The maximum atomic E-state index is 13.8. The maximum Gasteiger partial charge on any atom is 0.244 e. The van der Waals surface area contributed by atoms with Gasteiger partial charge in [-0.25, -0.2) is 8.42 Å². The van der Waals surface area contributed by atoms with Crippen LogP contribution in [0.3, 0.4) is 0 Å². The average molecular weight is 390 g/mol. The molecule has 4 N–H and O–H groups in total. The SMILES string of the molecule is [2H]N1C([2H])([2H])C([2H])(N)C([2H])(NC2CCCCC2)C2([2H])C1([2H])N(S(=O)(=O)c1ccccc1)C([2H])([2H])C2([2H])[2H]. The summed E-state index contributed by atoms with van der Waals surface area (Å²) in [6.07, 6.45) is -4.50. The van der Waals surface area contributed by atoms with E-state index >= 15 is 0 Å². The summed E-state index contributed by atoms with van der Waals surface area (Å²) in [5.41, 5.74) is 6.04. The Hall–Kier alpha value is -0.990. The summed E-state index contributed by atoms with van der Waals surface area (Å²) >= 11 is 0. The van der Waals surface area contributed by atoms with Crippen LogP contribution in [0, 0.1) is 5.89 Å². The predicted octanol–water partition coefficient (Wildman–Crippen LogP) is 1.24. The normalized spacial score (nSPS) is 58.0. The van der Waals surface area contributed by atoms with Crippen molar-refractivity contribution in [3.63, 3.8) is 0 Å². The summed E-state index contributed by atoms with van der Waals surface area (Å²) in [7, 11) is -5.22. The molecule has 0 amide bonds. The molecule has 4 rings (SSSR count). The van der Waals surface area contributed by atoms with Gasteiger partial charge in [-0.1, -0.05) is 37.5 Å². The third-order valence-electron chi connectivity index (χ3n) is 4.74. The smallest absolute Gasteiger partial charge is 0.244 e. The van der Waals surface area contributed by atoms with Crippen LogP contribution in [0.15, 0.2) is 35.2 Å². The molecule has 144 valence electrons. The molecule has 1 aromatic rings. The number of sulfonamides is 1. The highest BCUT2D eigenvalue weighted by Gasteiger charge is 2.48. The first-order chi connectivity index (χ1) is 16.7. The number of nitrogens with zero attached hydrogens (tertiary/aromatic N) is 1. The standard InChI is InChI=1S/C19H30N4O2S/c20-17-13-21-19-16(18(17)22-14-7-3-1-4-8-14)11-12-23(19)26(24,25)15-9-5-2-6-10-15/h2,5-6,9-10,14,16-19,21-22H,1,3-4,7-8,11-13,20H2/i11D2,12D2,13D2,16D,17D,18D,19D/hD. The number of nitrogens with two attached hydrogens (primary N) is 1. The Labute approximate surface area is 172 Å². The van der Waals surface area contributed by atoms with E-state index in [1.54, 1.807) is 0 Å². The van der Waals surface area contributed by atoms with Gasteiger partial charge in [0.05, 0.1) is 12.4 Å². The summed E-state index contributed by atoms with van der Waals surface area (Å²) in [6.45, 7) is -7.27. The van der Waals surface area contributed by atoms with Gasteiger partial charge in [0, 0.05) is 49.3 Å². The monoisotopic (exact) mass is 389 g/mol. The quantitative estimate of drug-likeness (QED) is 0.721. The van der Waals surface area contributed by atoms with Crippen molar-refractivity contribution < 1.29 is 23.5 Å². The van der Waals surface area contributed by atoms with Gasteiger partial charge in [-0.15, -0.1) is 0 Å². The van der Waals surface area contributed by atoms with E-state index in [-0.39, 0.29) is 4.31 Å². The summed E-state index contributed by atoms with van der Waals surface area (Å²) < 4.78 is 124. The summed E-state index contributed by atoms with van der Waals surface area (Å²) in [4.78, 5) is -0.592. The number of hydrogen-bond donors (Lipinski definition) is 3. The number of hydrogen-bond acceptors (Lipinski definition) is 5. The van der Waals surface area contributed by atoms with E-state index in [1.807, 2.05) is 0 Å². The first-order valence-electron chi connectivity index (χ1n) is 14.1. The lowest BCUT2D eigenvalue weighted by atomic mass is 9.85. The molecule has 0 spiro atoms. The lowest BCUT2D eigenvalue weighted by Gasteiger charge is -2.43. The second-order valence-corrected chi connectivity index (χ2v) is 8.30. The van der Waals surface area contributed by atoms with E-state index in [1.165, 1.54) is 18.2 Å². The number of nitrogens with one attached hydrogen (secondary N) is 2. The van der Waals surface area contributed by atoms with E-state index in [9.17, 15) is 12.5 Å². The molecule has 1 aliphatic carbocycles. The van der Waals surface area contributed by atoms with Crippen molar-refractivity contribution in [1.82, 2.24) is 14.9 Å². The highest BCUT2D eigenvalue weighted by molar-refractivity contribution is 7.89. The molecule has 26 heavy (non-hydrogen) atoms. The van der Waals surface area contributed by atoms with Gasteiger partial charge in [-0.2, -0.15) is 4.31 Å². The number of fused-ring (bicyclic) bond motifs is 1. The fourth-order valence-electron chi connectivity index (χ4n) is 3.37. The van der Waals surface area contributed by atoms with Gasteiger partial charge >= 0.3 is 0 Å². The fraction of sp³-hybridized carbons (Fsp3) is 0.684. The Morgan fingerprint density at radius 2 is 2.00 bits per heavy atom. The van der Waals surface area contributed by atoms with Crippen LogP contribution in [0.4, 0.5) is 0 Å². The molecular formula is C19H30N4O2S. The van der Waals surface area contributed by atoms with E-state index in [2.05, 4.69) is 5.32 Å². The van der Waals surface area contributed by atoms with Gasteiger partial charge in [0.1, 0.15) is 1.41 Å². The van der Waals surface area contributed by atoms with E-state index in [0.717, 1.165) is 18.6 Å². The highest BCUT2D eigenvalue weighted by Crippen LogP contribution is 2.34. The second kappa shape index (κ2) is 7.56. The maximum absolute atomic E-state index is 13.8. The van der Waals surface area contributed by atoms with Gasteiger partial charge in [-0.3, -0.25) is 5.31 Å². The molecule has 4 unspecified atom stereocenters. The summed E-state index contributed by atoms with van der Waals surface area (Å²) in [5.74, 6) is -3.65. The van der Waals surface area contributed by atoms with Gasteiger partial charge in [0.2, 0.25) is 10.0 Å². The molecule has 0 bridgehead atoms. The van der Waals surface area contributed by atoms with Crippen LogP contribution in [0.2, 0.25) is 1.41 Å². The second-order valence-electron chi connectivity index (χ2n) is 6.51. The highest BCUT2D eigenvalue weighted by atomic mass is 32.2. The predicted molar refractivity (Wildman–Crippen MR) is 102 cm³/mol.